The SMILES string of the molecule is CS(=O)(=O)N[C@H](Cc1ccc(F)cc1)C(=O)N1CCC(Cn2cncn2)(N2CCCCC2)CC1. The van der Waals surface area contributed by atoms with Crippen LogP contribution in [-0.2, 0) is 27.8 Å². The smallest absolute Gasteiger partial charge is 0.241 e. The standard InChI is InChI=1S/C23H33FN6O3S/c1-34(32,33)27-21(15-19-5-7-20(24)8-6-19)22(31)28-13-9-23(10-14-28,16-30-18-25-17-26-30)29-11-3-2-4-12-29/h5-8,17-18,21,27H,2-4,9-16H2,1H3/t21-/m1/s1. The third-order valence-electron chi connectivity index (χ3n) is 6.96. The summed E-state index contributed by atoms with van der Waals surface area (Å²) < 4.78 is 41.7. The molecule has 2 aliphatic rings. The number of rotatable bonds is 8. The van der Waals surface area contributed by atoms with Gasteiger partial charge in [0.15, 0.2) is 0 Å². The van der Waals surface area contributed by atoms with E-state index in [9.17, 15) is 17.6 Å². The molecule has 4 rings (SSSR count). The number of hydrogen-bond donors (Lipinski definition) is 1. The van der Waals surface area contributed by atoms with Crippen LogP contribution in [0.4, 0.5) is 4.39 Å². The lowest BCUT2D eigenvalue weighted by Crippen LogP contribution is -2.61. The van der Waals surface area contributed by atoms with Gasteiger partial charge >= 0.3 is 0 Å². The van der Waals surface area contributed by atoms with Crippen LogP contribution in [-0.4, -0.2) is 82.9 Å². The minimum Gasteiger partial charge on any atom is -0.341 e. The van der Waals surface area contributed by atoms with E-state index >= 15 is 0 Å². The topological polar surface area (TPSA) is 100 Å². The molecule has 3 heterocycles. The molecular formula is C23H33FN6O3S. The van der Waals surface area contributed by atoms with Crippen molar-refractivity contribution in [3.8, 4) is 0 Å². The van der Waals surface area contributed by atoms with Crippen LogP contribution in [0.25, 0.3) is 0 Å². The number of benzene rings is 1. The molecule has 34 heavy (non-hydrogen) atoms. The van der Waals surface area contributed by atoms with Crippen LogP contribution in [0.1, 0.15) is 37.7 Å². The molecule has 186 valence electrons. The predicted molar refractivity (Wildman–Crippen MR) is 126 cm³/mol. The van der Waals surface area contributed by atoms with Gasteiger partial charge in [-0.2, -0.15) is 5.10 Å². The Labute approximate surface area is 200 Å². The number of sulfonamides is 1. The minimum absolute atomic E-state index is 0.110. The number of halogens is 1. The van der Waals surface area contributed by atoms with Crippen molar-refractivity contribution in [2.45, 2.75) is 56.7 Å². The summed E-state index contributed by atoms with van der Waals surface area (Å²) in [6.45, 7) is 3.86. The summed E-state index contributed by atoms with van der Waals surface area (Å²) in [5, 5.41) is 4.32. The lowest BCUT2D eigenvalue weighted by atomic mass is 9.83. The molecule has 9 nitrogen and oxygen atoms in total. The zero-order valence-corrected chi connectivity index (χ0v) is 20.4. The predicted octanol–water partition coefficient (Wildman–Crippen LogP) is 1.42. The van der Waals surface area contributed by atoms with Crippen LogP contribution in [0.15, 0.2) is 36.9 Å². The first-order valence-corrected chi connectivity index (χ1v) is 13.7. The molecule has 1 atom stereocenters. The molecule has 1 amide bonds. The highest BCUT2D eigenvalue weighted by Crippen LogP contribution is 2.33. The van der Waals surface area contributed by atoms with E-state index in [1.54, 1.807) is 29.7 Å². The highest BCUT2D eigenvalue weighted by atomic mass is 32.2. The second kappa shape index (κ2) is 10.5. The highest BCUT2D eigenvalue weighted by Gasteiger charge is 2.42. The van der Waals surface area contributed by atoms with Gasteiger partial charge < -0.3 is 4.90 Å². The number of nitrogens with one attached hydrogen (secondary N) is 1. The number of nitrogens with zero attached hydrogens (tertiary/aromatic N) is 5. The molecule has 0 bridgehead atoms. The van der Waals surface area contributed by atoms with Gasteiger partial charge in [0.25, 0.3) is 0 Å². The van der Waals surface area contributed by atoms with E-state index in [2.05, 4.69) is 19.7 Å². The maximum Gasteiger partial charge on any atom is 0.241 e. The Morgan fingerprint density at radius 3 is 2.38 bits per heavy atom. The third kappa shape index (κ3) is 6.19. The van der Waals surface area contributed by atoms with Crippen molar-refractivity contribution >= 4 is 15.9 Å². The highest BCUT2D eigenvalue weighted by molar-refractivity contribution is 7.88. The minimum atomic E-state index is -3.61. The molecule has 2 fully saturated rings. The van der Waals surface area contributed by atoms with Crippen LogP contribution >= 0.6 is 0 Å². The molecule has 0 saturated carbocycles. The van der Waals surface area contributed by atoms with E-state index in [0.717, 1.165) is 38.7 Å². The molecule has 2 aliphatic heterocycles. The molecule has 0 aliphatic carbocycles. The van der Waals surface area contributed by atoms with E-state index in [1.807, 2.05) is 4.68 Å². The molecule has 1 N–H and O–H groups in total. The maximum absolute atomic E-state index is 13.4. The third-order valence-corrected chi connectivity index (χ3v) is 7.68. The van der Waals surface area contributed by atoms with Crippen molar-refractivity contribution < 1.29 is 17.6 Å². The van der Waals surface area contributed by atoms with Crippen LogP contribution in [0.3, 0.4) is 0 Å². The van der Waals surface area contributed by atoms with Gasteiger partial charge in [0.05, 0.1) is 12.8 Å². The molecule has 1 aromatic heterocycles. The Morgan fingerprint density at radius 2 is 1.79 bits per heavy atom. The van der Waals surface area contributed by atoms with Crippen molar-refractivity contribution in [1.29, 1.82) is 0 Å². The van der Waals surface area contributed by atoms with E-state index in [4.69, 9.17) is 0 Å². The number of hydrogen-bond acceptors (Lipinski definition) is 6. The fraction of sp³-hybridized carbons (Fsp3) is 0.609. The van der Waals surface area contributed by atoms with Crippen molar-refractivity contribution in [3.05, 3.63) is 48.3 Å². The Hall–Kier alpha value is -2.37. The molecule has 11 heteroatoms. The van der Waals surface area contributed by atoms with Gasteiger partial charge in [-0.1, -0.05) is 18.6 Å². The summed E-state index contributed by atoms with van der Waals surface area (Å²) in [4.78, 5) is 21.8. The van der Waals surface area contributed by atoms with Gasteiger partial charge in [-0.15, -0.1) is 0 Å². The van der Waals surface area contributed by atoms with Crippen LogP contribution in [0.2, 0.25) is 0 Å². The summed E-state index contributed by atoms with van der Waals surface area (Å²) in [7, 11) is -3.61. The zero-order valence-electron chi connectivity index (χ0n) is 19.6. The number of amides is 1. The number of carbonyl (C=O) groups is 1. The fourth-order valence-corrected chi connectivity index (χ4v) is 5.92. The molecule has 0 spiro atoms. The van der Waals surface area contributed by atoms with E-state index in [-0.39, 0.29) is 23.7 Å². The summed E-state index contributed by atoms with van der Waals surface area (Å²) in [6.07, 6.45) is 9.62. The lowest BCUT2D eigenvalue weighted by molar-refractivity contribution is -0.136. The van der Waals surface area contributed by atoms with Gasteiger partial charge in [-0.05, 0) is 62.9 Å². The Morgan fingerprint density at radius 1 is 1.12 bits per heavy atom. The number of likely N-dealkylation sites (tertiary alicyclic amines) is 2. The van der Waals surface area contributed by atoms with Crippen molar-refractivity contribution in [2.75, 3.05) is 32.4 Å². The van der Waals surface area contributed by atoms with Gasteiger partial charge in [0.2, 0.25) is 15.9 Å². The molecule has 0 radical (unpaired) electrons. The van der Waals surface area contributed by atoms with Crippen molar-refractivity contribution in [2.24, 2.45) is 0 Å². The molecule has 2 saturated heterocycles. The quantitative estimate of drug-likeness (QED) is 0.598. The molecule has 0 unspecified atom stereocenters. The Bertz CT molecular complexity index is 1050. The second-order valence-corrected chi connectivity index (χ2v) is 11.2. The summed E-state index contributed by atoms with van der Waals surface area (Å²) >= 11 is 0. The Kier molecular flexibility index (Phi) is 7.63. The summed E-state index contributed by atoms with van der Waals surface area (Å²) in [5.74, 6) is -0.622. The summed E-state index contributed by atoms with van der Waals surface area (Å²) in [6, 6.07) is 4.85. The zero-order chi connectivity index (χ0) is 24.2. The van der Waals surface area contributed by atoms with Gasteiger partial charge in [-0.25, -0.2) is 22.5 Å². The van der Waals surface area contributed by atoms with Crippen LogP contribution in [0.5, 0.6) is 0 Å². The van der Waals surface area contributed by atoms with Gasteiger partial charge in [0, 0.05) is 18.6 Å². The molecular weight excluding hydrogens is 459 g/mol. The second-order valence-electron chi connectivity index (χ2n) is 9.46. The first-order chi connectivity index (χ1) is 16.2. The normalized spacial score (nSPS) is 20.2. The number of aromatic nitrogens is 3. The Balaban J connectivity index is 1.48. The number of carbonyl (C=O) groups excluding carboxylic acids is 1. The van der Waals surface area contributed by atoms with Crippen LogP contribution in [0, 0.1) is 5.82 Å². The lowest BCUT2D eigenvalue weighted by Gasteiger charge is -2.50. The van der Waals surface area contributed by atoms with E-state index in [1.165, 1.54) is 31.4 Å². The van der Waals surface area contributed by atoms with E-state index in [0.29, 0.717) is 18.7 Å². The summed E-state index contributed by atoms with van der Waals surface area (Å²) in [5.41, 5.74) is 0.587. The number of piperidine rings is 2. The van der Waals surface area contributed by atoms with Crippen molar-refractivity contribution in [1.82, 2.24) is 29.3 Å². The first kappa shape index (κ1) is 24.7. The van der Waals surface area contributed by atoms with E-state index < -0.39 is 16.1 Å². The average molecular weight is 493 g/mol. The molecule has 1 aromatic carbocycles. The fourth-order valence-electron chi connectivity index (χ4n) is 5.22. The van der Waals surface area contributed by atoms with Gasteiger partial charge in [0.1, 0.15) is 24.5 Å². The molecule has 2 aromatic rings. The largest absolute Gasteiger partial charge is 0.341 e. The maximum atomic E-state index is 13.4. The monoisotopic (exact) mass is 492 g/mol. The van der Waals surface area contributed by atoms with Crippen molar-refractivity contribution in [3.63, 3.8) is 0 Å². The van der Waals surface area contributed by atoms with Crippen LogP contribution < -0.4 is 4.72 Å². The average Bonchev–Trinajstić information content (AvgIpc) is 3.33. The first-order valence-electron chi connectivity index (χ1n) is 11.8. The van der Waals surface area contributed by atoms with Gasteiger partial charge in [-0.3, -0.25) is 14.4 Å².